The highest BCUT2D eigenvalue weighted by Crippen LogP contribution is 2.19. The van der Waals surface area contributed by atoms with Gasteiger partial charge in [0.1, 0.15) is 11.2 Å². The Labute approximate surface area is 147 Å². The molecule has 0 aliphatic rings. The second-order valence-electron chi connectivity index (χ2n) is 7.15. The first-order valence-electron chi connectivity index (χ1n) is 7.61. The summed E-state index contributed by atoms with van der Waals surface area (Å²) < 4.78 is 19.4. The molecule has 0 rings (SSSR count). The van der Waals surface area contributed by atoms with Gasteiger partial charge in [0.05, 0.1) is 20.6 Å². The summed E-state index contributed by atoms with van der Waals surface area (Å²) in [4.78, 5) is 49.0. The largest absolute Gasteiger partial charge is 0.469 e. The van der Waals surface area contributed by atoms with E-state index in [1.165, 1.54) is 0 Å². The molecule has 25 heavy (non-hydrogen) atoms. The molecule has 0 spiro atoms. The van der Waals surface area contributed by atoms with Crippen molar-refractivity contribution in [2.75, 3.05) is 14.2 Å². The van der Waals surface area contributed by atoms with E-state index >= 15 is 0 Å². The second-order valence-corrected chi connectivity index (χ2v) is 7.15. The van der Waals surface area contributed by atoms with Crippen LogP contribution in [0.25, 0.3) is 0 Å². The molecule has 0 N–H and O–H groups in total. The summed E-state index contributed by atoms with van der Waals surface area (Å²) in [6.45, 7) is 9.53. The first-order valence-corrected chi connectivity index (χ1v) is 7.61. The van der Waals surface area contributed by atoms with Gasteiger partial charge < -0.3 is 18.9 Å². The SMILES string of the molecule is COC(=O)C[C@H](C(=O)OC)N(C(=O)OC(C)(C)C)C(=O)OC(C)(C)C. The molecule has 0 radical (unpaired) electrons. The topological polar surface area (TPSA) is 108 Å². The summed E-state index contributed by atoms with van der Waals surface area (Å²) in [5, 5.41) is 0. The summed E-state index contributed by atoms with van der Waals surface area (Å²) in [6.07, 6.45) is -2.87. The van der Waals surface area contributed by atoms with Gasteiger partial charge >= 0.3 is 24.1 Å². The van der Waals surface area contributed by atoms with Crippen LogP contribution in [0.3, 0.4) is 0 Å². The molecule has 1 atom stereocenters. The van der Waals surface area contributed by atoms with Crippen LogP contribution < -0.4 is 0 Å². The van der Waals surface area contributed by atoms with E-state index in [1.807, 2.05) is 0 Å². The van der Waals surface area contributed by atoms with Crippen molar-refractivity contribution in [3.05, 3.63) is 0 Å². The highest BCUT2D eigenvalue weighted by atomic mass is 16.6. The molecule has 9 heteroatoms. The number of methoxy groups -OCH3 is 2. The fourth-order valence-corrected chi connectivity index (χ4v) is 1.61. The van der Waals surface area contributed by atoms with Crippen LogP contribution in [-0.4, -0.2) is 60.5 Å². The van der Waals surface area contributed by atoms with Gasteiger partial charge in [0, 0.05) is 0 Å². The van der Waals surface area contributed by atoms with Crippen LogP contribution in [0, 0.1) is 0 Å². The fourth-order valence-electron chi connectivity index (χ4n) is 1.61. The van der Waals surface area contributed by atoms with E-state index in [4.69, 9.17) is 9.47 Å². The number of amides is 2. The van der Waals surface area contributed by atoms with Crippen molar-refractivity contribution in [1.82, 2.24) is 4.90 Å². The summed E-state index contributed by atoms with van der Waals surface area (Å²) in [5.41, 5.74) is -1.88. The monoisotopic (exact) mass is 361 g/mol. The minimum absolute atomic E-state index is 0.430. The van der Waals surface area contributed by atoms with Crippen LogP contribution in [0.2, 0.25) is 0 Å². The number of esters is 2. The van der Waals surface area contributed by atoms with Gasteiger partial charge in [-0.3, -0.25) is 4.79 Å². The zero-order valence-electron chi connectivity index (χ0n) is 16.0. The van der Waals surface area contributed by atoms with Crippen molar-refractivity contribution < 1.29 is 38.1 Å². The molecular weight excluding hydrogens is 334 g/mol. The first-order chi connectivity index (χ1) is 11.2. The van der Waals surface area contributed by atoms with Crippen molar-refractivity contribution in [2.24, 2.45) is 0 Å². The Morgan fingerprint density at radius 2 is 1.20 bits per heavy atom. The van der Waals surface area contributed by atoms with E-state index < -0.39 is 47.8 Å². The third-order valence-electron chi connectivity index (χ3n) is 2.55. The standard InChI is InChI=1S/C16H27NO8/c1-15(2,3)24-13(20)17(14(21)25-16(4,5)6)10(12(19)23-8)9-11(18)22-7/h10H,9H2,1-8H3/t10-/m1/s1. The molecule has 9 nitrogen and oxygen atoms in total. The third-order valence-corrected chi connectivity index (χ3v) is 2.55. The van der Waals surface area contributed by atoms with Gasteiger partial charge in [-0.15, -0.1) is 0 Å². The van der Waals surface area contributed by atoms with Gasteiger partial charge in [0.25, 0.3) is 0 Å². The van der Waals surface area contributed by atoms with Gasteiger partial charge in [-0.1, -0.05) is 0 Å². The van der Waals surface area contributed by atoms with Gasteiger partial charge in [-0.2, -0.15) is 4.90 Å². The number of nitrogens with zero attached hydrogens (tertiary/aromatic N) is 1. The minimum Gasteiger partial charge on any atom is -0.469 e. The lowest BCUT2D eigenvalue weighted by atomic mass is 10.1. The molecule has 0 saturated heterocycles. The average molecular weight is 361 g/mol. The number of hydrogen-bond acceptors (Lipinski definition) is 8. The van der Waals surface area contributed by atoms with Gasteiger partial charge in [0.2, 0.25) is 0 Å². The Balaban J connectivity index is 5.84. The lowest BCUT2D eigenvalue weighted by Crippen LogP contribution is -2.53. The zero-order valence-corrected chi connectivity index (χ0v) is 16.0. The number of rotatable bonds is 4. The predicted molar refractivity (Wildman–Crippen MR) is 86.7 cm³/mol. The number of carbonyl (C=O) groups excluding carboxylic acids is 4. The summed E-state index contributed by atoms with van der Waals surface area (Å²) in [7, 11) is 2.18. The molecule has 0 bridgehead atoms. The van der Waals surface area contributed by atoms with Crippen LogP contribution >= 0.6 is 0 Å². The van der Waals surface area contributed by atoms with Crippen molar-refractivity contribution in [1.29, 1.82) is 0 Å². The first kappa shape index (κ1) is 22.7. The molecule has 0 aromatic rings. The predicted octanol–water partition coefficient (Wildman–Crippen LogP) is 2.26. The number of carbonyl (C=O) groups is 4. The molecular formula is C16H27NO8. The van der Waals surface area contributed by atoms with E-state index in [-0.39, 0.29) is 0 Å². The fraction of sp³-hybridized carbons (Fsp3) is 0.750. The maximum absolute atomic E-state index is 12.5. The number of hydrogen-bond donors (Lipinski definition) is 0. The van der Waals surface area contributed by atoms with Gasteiger partial charge in [-0.25, -0.2) is 14.4 Å². The smallest absolute Gasteiger partial charge is 0.420 e. The quantitative estimate of drug-likeness (QED) is 0.554. The Morgan fingerprint density at radius 3 is 1.48 bits per heavy atom. The molecule has 0 aromatic carbocycles. The molecule has 0 aromatic heterocycles. The summed E-state index contributed by atoms with van der Waals surface area (Å²) in [5.74, 6) is -1.80. The Bertz CT molecular complexity index is 487. The molecule has 0 aliphatic carbocycles. The van der Waals surface area contributed by atoms with E-state index in [9.17, 15) is 19.2 Å². The van der Waals surface area contributed by atoms with E-state index in [0.717, 1.165) is 14.2 Å². The normalized spacial score (nSPS) is 12.6. The number of imide groups is 1. The molecule has 0 aliphatic heterocycles. The van der Waals surface area contributed by atoms with Gasteiger partial charge in [-0.05, 0) is 41.5 Å². The maximum Gasteiger partial charge on any atom is 0.420 e. The molecule has 0 unspecified atom stereocenters. The van der Waals surface area contributed by atoms with Crippen LogP contribution in [0.4, 0.5) is 9.59 Å². The van der Waals surface area contributed by atoms with E-state index in [2.05, 4.69) is 9.47 Å². The number of ether oxygens (including phenoxy) is 4. The van der Waals surface area contributed by atoms with E-state index in [0.29, 0.717) is 4.90 Å². The van der Waals surface area contributed by atoms with Crippen molar-refractivity contribution in [2.45, 2.75) is 65.2 Å². The zero-order chi connectivity index (χ0) is 20.0. The highest BCUT2D eigenvalue weighted by Gasteiger charge is 2.42. The lowest BCUT2D eigenvalue weighted by Gasteiger charge is -2.31. The van der Waals surface area contributed by atoms with Gasteiger partial charge in [0.15, 0.2) is 6.04 Å². The lowest BCUT2D eigenvalue weighted by molar-refractivity contribution is -0.152. The molecule has 0 saturated carbocycles. The third kappa shape index (κ3) is 8.37. The molecule has 2 amide bonds. The maximum atomic E-state index is 12.5. The highest BCUT2D eigenvalue weighted by molar-refractivity contribution is 5.95. The average Bonchev–Trinajstić information content (AvgIpc) is 2.41. The summed E-state index contributed by atoms with van der Waals surface area (Å²) in [6, 6.07) is -1.58. The molecule has 0 heterocycles. The van der Waals surface area contributed by atoms with Crippen LogP contribution in [-0.2, 0) is 28.5 Å². The van der Waals surface area contributed by atoms with Crippen molar-refractivity contribution in [3.8, 4) is 0 Å². The Kier molecular flexibility index (Phi) is 7.88. The Morgan fingerprint density at radius 1 is 0.800 bits per heavy atom. The van der Waals surface area contributed by atoms with Crippen LogP contribution in [0.15, 0.2) is 0 Å². The summed E-state index contributed by atoms with van der Waals surface area (Å²) >= 11 is 0. The van der Waals surface area contributed by atoms with E-state index in [1.54, 1.807) is 41.5 Å². The minimum atomic E-state index is -1.58. The van der Waals surface area contributed by atoms with Crippen LogP contribution in [0.5, 0.6) is 0 Å². The van der Waals surface area contributed by atoms with Crippen LogP contribution in [0.1, 0.15) is 48.0 Å². The van der Waals surface area contributed by atoms with Crippen molar-refractivity contribution >= 4 is 24.1 Å². The molecule has 144 valence electrons. The molecule has 0 fully saturated rings. The second kappa shape index (κ2) is 8.68. The Hall–Kier alpha value is -2.32. The van der Waals surface area contributed by atoms with Crippen molar-refractivity contribution in [3.63, 3.8) is 0 Å².